The Kier molecular flexibility index (Phi) is 7.04. The van der Waals surface area contributed by atoms with E-state index in [1.807, 2.05) is 0 Å². The van der Waals surface area contributed by atoms with E-state index in [2.05, 4.69) is 15.8 Å². The van der Waals surface area contributed by atoms with Gasteiger partial charge in [0.05, 0.1) is 13.2 Å². The number of halogens is 2. The zero-order chi connectivity index (χ0) is 19.1. The molecule has 26 heavy (non-hydrogen) atoms. The number of hydrogen-bond donors (Lipinski definition) is 3. The van der Waals surface area contributed by atoms with E-state index in [1.165, 1.54) is 11.9 Å². The standard InChI is InChI=1S/C15H22F2N6O3/c1-19-15(24)23-3-2-22(4-5-26-23)14-12(16)6-10(7-13(14)17)20-9-11(8-18)21-25/h6-7,11,20H,2-5,8-9,18H2,1H3,(H,19,24). The fourth-order valence-electron chi connectivity index (χ4n) is 2.53. The van der Waals surface area contributed by atoms with Crippen LogP contribution in [0.4, 0.5) is 25.0 Å². The Labute approximate surface area is 149 Å². The Morgan fingerprint density at radius 1 is 1.35 bits per heavy atom. The molecule has 0 saturated carbocycles. The molecule has 144 valence electrons. The molecule has 1 aliphatic heterocycles. The molecule has 0 aliphatic carbocycles. The van der Waals surface area contributed by atoms with Crippen LogP contribution < -0.4 is 21.3 Å². The molecule has 0 spiro atoms. The van der Waals surface area contributed by atoms with Gasteiger partial charge in [-0.2, -0.15) is 4.91 Å². The Balaban J connectivity index is 2.10. The minimum Gasteiger partial charge on any atom is -0.383 e. The molecule has 0 aromatic heterocycles. The van der Waals surface area contributed by atoms with Gasteiger partial charge in [-0.1, -0.05) is 5.18 Å². The maximum atomic E-state index is 14.5. The number of nitrogens with one attached hydrogen (secondary N) is 2. The molecule has 1 aromatic carbocycles. The fraction of sp³-hybridized carbons (Fsp3) is 0.533. The van der Waals surface area contributed by atoms with E-state index in [0.717, 1.165) is 17.2 Å². The Hall–Kier alpha value is -2.53. The molecule has 9 nitrogen and oxygen atoms in total. The van der Waals surface area contributed by atoms with Gasteiger partial charge in [0.25, 0.3) is 0 Å². The number of nitrogens with two attached hydrogens (primary N) is 1. The number of hydrogen-bond acceptors (Lipinski definition) is 7. The van der Waals surface area contributed by atoms with Crippen LogP contribution in [0.2, 0.25) is 0 Å². The van der Waals surface area contributed by atoms with Crippen LogP contribution >= 0.6 is 0 Å². The van der Waals surface area contributed by atoms with Gasteiger partial charge >= 0.3 is 6.03 Å². The summed E-state index contributed by atoms with van der Waals surface area (Å²) < 4.78 is 28.9. The quantitative estimate of drug-likeness (QED) is 0.639. The van der Waals surface area contributed by atoms with Crippen molar-refractivity contribution in [1.82, 2.24) is 10.4 Å². The van der Waals surface area contributed by atoms with Gasteiger partial charge in [-0.3, -0.25) is 4.84 Å². The van der Waals surface area contributed by atoms with Crippen LogP contribution in [0.5, 0.6) is 0 Å². The second kappa shape index (κ2) is 9.25. The van der Waals surface area contributed by atoms with Gasteiger partial charge in [-0.25, -0.2) is 18.6 Å². The summed E-state index contributed by atoms with van der Waals surface area (Å²) in [5.74, 6) is -1.52. The fourth-order valence-corrected chi connectivity index (χ4v) is 2.53. The normalized spacial score (nSPS) is 16.0. The van der Waals surface area contributed by atoms with Crippen LogP contribution in [-0.4, -0.2) is 63.5 Å². The molecule has 4 N–H and O–H groups in total. The summed E-state index contributed by atoms with van der Waals surface area (Å²) in [6.45, 7) is 0.806. The van der Waals surface area contributed by atoms with Gasteiger partial charge in [-0.05, 0) is 12.1 Å². The van der Waals surface area contributed by atoms with Crippen LogP contribution in [0.15, 0.2) is 17.3 Å². The first-order chi connectivity index (χ1) is 12.5. The van der Waals surface area contributed by atoms with Crippen molar-refractivity contribution in [3.05, 3.63) is 28.7 Å². The van der Waals surface area contributed by atoms with Crippen molar-refractivity contribution in [2.24, 2.45) is 10.9 Å². The average molecular weight is 372 g/mol. The number of urea groups is 1. The number of nitrogens with zero attached hydrogens (tertiary/aromatic N) is 3. The third kappa shape index (κ3) is 4.76. The van der Waals surface area contributed by atoms with Gasteiger partial charge in [0.15, 0.2) is 11.6 Å². The smallest absolute Gasteiger partial charge is 0.341 e. The summed E-state index contributed by atoms with van der Waals surface area (Å²) in [4.78, 5) is 28.9. The van der Waals surface area contributed by atoms with Crippen LogP contribution in [0.25, 0.3) is 0 Å². The predicted octanol–water partition coefficient (Wildman–Crippen LogP) is 0.863. The van der Waals surface area contributed by atoms with Crippen LogP contribution in [0, 0.1) is 16.5 Å². The van der Waals surface area contributed by atoms with E-state index in [4.69, 9.17) is 10.6 Å². The first kappa shape index (κ1) is 19.8. The van der Waals surface area contributed by atoms with Gasteiger partial charge in [-0.15, -0.1) is 0 Å². The van der Waals surface area contributed by atoms with Crippen molar-refractivity contribution in [1.29, 1.82) is 0 Å². The number of rotatable bonds is 6. The van der Waals surface area contributed by atoms with Crippen LogP contribution in [0.3, 0.4) is 0 Å². The van der Waals surface area contributed by atoms with E-state index in [0.29, 0.717) is 0 Å². The molecule has 1 aliphatic rings. The maximum Gasteiger partial charge on any atom is 0.341 e. The molecule has 11 heteroatoms. The van der Waals surface area contributed by atoms with Crippen LogP contribution in [-0.2, 0) is 4.84 Å². The Bertz CT molecular complexity index is 625. The first-order valence-electron chi connectivity index (χ1n) is 8.12. The third-order valence-electron chi connectivity index (χ3n) is 3.92. The number of nitroso groups, excluding NO2 is 1. The summed E-state index contributed by atoms with van der Waals surface area (Å²) in [5.41, 5.74) is 5.34. The topological polar surface area (TPSA) is 112 Å². The minimum absolute atomic E-state index is 0.0369. The molecule has 1 atom stereocenters. The monoisotopic (exact) mass is 372 g/mol. The maximum absolute atomic E-state index is 14.5. The largest absolute Gasteiger partial charge is 0.383 e. The molecule has 1 heterocycles. The lowest BCUT2D eigenvalue weighted by Crippen LogP contribution is -2.39. The Morgan fingerprint density at radius 2 is 2.04 bits per heavy atom. The van der Waals surface area contributed by atoms with E-state index < -0.39 is 23.7 Å². The lowest BCUT2D eigenvalue weighted by Gasteiger charge is -2.23. The highest BCUT2D eigenvalue weighted by Crippen LogP contribution is 2.27. The van der Waals surface area contributed by atoms with Gasteiger partial charge in [0.2, 0.25) is 0 Å². The molecule has 1 aromatic rings. The molecule has 2 rings (SSSR count). The molecule has 0 radical (unpaired) electrons. The van der Waals surface area contributed by atoms with E-state index in [9.17, 15) is 18.5 Å². The van der Waals surface area contributed by atoms with E-state index >= 15 is 0 Å². The predicted molar refractivity (Wildman–Crippen MR) is 92.8 cm³/mol. The molecule has 1 unspecified atom stereocenters. The molecule has 1 saturated heterocycles. The summed E-state index contributed by atoms with van der Waals surface area (Å²) in [5, 5.41) is 9.10. The van der Waals surface area contributed by atoms with Crippen molar-refractivity contribution in [3.63, 3.8) is 0 Å². The lowest BCUT2D eigenvalue weighted by atomic mass is 10.2. The Morgan fingerprint density at radius 3 is 2.62 bits per heavy atom. The highest BCUT2D eigenvalue weighted by atomic mass is 19.1. The molecular weight excluding hydrogens is 350 g/mol. The number of hydroxylamine groups is 2. The molecule has 0 bridgehead atoms. The van der Waals surface area contributed by atoms with Crippen molar-refractivity contribution in [3.8, 4) is 0 Å². The van der Waals surface area contributed by atoms with Crippen molar-refractivity contribution in [2.45, 2.75) is 6.04 Å². The summed E-state index contributed by atoms with van der Waals surface area (Å²) in [6.07, 6.45) is 0. The van der Waals surface area contributed by atoms with E-state index in [1.54, 1.807) is 0 Å². The summed E-state index contributed by atoms with van der Waals surface area (Å²) in [6, 6.07) is 1.17. The molecule has 2 amide bonds. The molecule has 1 fully saturated rings. The minimum atomic E-state index is -0.760. The highest BCUT2D eigenvalue weighted by Gasteiger charge is 2.24. The average Bonchev–Trinajstić information content (AvgIpc) is 2.87. The number of amides is 2. The first-order valence-corrected chi connectivity index (χ1v) is 8.12. The summed E-state index contributed by atoms with van der Waals surface area (Å²) >= 11 is 0. The van der Waals surface area contributed by atoms with Crippen LogP contribution in [0.1, 0.15) is 0 Å². The second-order valence-corrected chi connectivity index (χ2v) is 5.64. The zero-order valence-corrected chi connectivity index (χ0v) is 14.4. The van der Waals surface area contributed by atoms with Gasteiger partial charge in [0.1, 0.15) is 11.7 Å². The lowest BCUT2D eigenvalue weighted by molar-refractivity contribution is -0.104. The third-order valence-corrected chi connectivity index (χ3v) is 3.92. The summed E-state index contributed by atoms with van der Waals surface area (Å²) in [7, 11) is 1.47. The number of carbonyl (C=O) groups is 1. The van der Waals surface area contributed by atoms with Crippen molar-refractivity contribution < 1.29 is 18.4 Å². The molecular formula is C15H22F2N6O3. The number of benzene rings is 1. The van der Waals surface area contributed by atoms with Gasteiger partial charge < -0.3 is 21.3 Å². The van der Waals surface area contributed by atoms with Gasteiger partial charge in [0, 0.05) is 38.9 Å². The van der Waals surface area contributed by atoms with Crippen molar-refractivity contribution in [2.75, 3.05) is 56.6 Å². The van der Waals surface area contributed by atoms with Crippen molar-refractivity contribution >= 4 is 17.4 Å². The number of carbonyl (C=O) groups excluding carboxylic acids is 1. The highest BCUT2D eigenvalue weighted by molar-refractivity contribution is 5.72. The second-order valence-electron chi connectivity index (χ2n) is 5.64. The SMILES string of the molecule is CNC(=O)N1CCN(c2c(F)cc(NCC(CN)N=O)cc2F)CCO1. The number of anilines is 2. The van der Waals surface area contributed by atoms with E-state index in [-0.39, 0.29) is 50.7 Å². The zero-order valence-electron chi connectivity index (χ0n) is 14.4.